The molecule has 1 aromatic rings. The van der Waals surface area contributed by atoms with Gasteiger partial charge in [-0.15, -0.1) is 0 Å². The molecule has 1 fully saturated rings. The summed E-state index contributed by atoms with van der Waals surface area (Å²) in [5.41, 5.74) is 2.10. The number of hydrogen-bond acceptors (Lipinski definition) is 4. The SMILES string of the molecule is Cc1cccnc1CN1CCSCC1C(=O)O. The van der Waals surface area contributed by atoms with Crippen LogP contribution in [0.25, 0.3) is 0 Å². The number of rotatable bonds is 3. The Labute approximate surface area is 105 Å². The largest absolute Gasteiger partial charge is 0.480 e. The van der Waals surface area contributed by atoms with Crippen LogP contribution in [0.3, 0.4) is 0 Å². The van der Waals surface area contributed by atoms with Gasteiger partial charge in [-0.1, -0.05) is 6.07 Å². The van der Waals surface area contributed by atoms with Crippen molar-refractivity contribution in [3.63, 3.8) is 0 Å². The van der Waals surface area contributed by atoms with Crippen molar-refractivity contribution in [2.75, 3.05) is 18.1 Å². The van der Waals surface area contributed by atoms with Crippen LogP contribution in [-0.2, 0) is 11.3 Å². The molecule has 5 heteroatoms. The first-order valence-corrected chi connectivity index (χ1v) is 6.79. The molecule has 0 radical (unpaired) electrons. The first-order chi connectivity index (χ1) is 8.18. The van der Waals surface area contributed by atoms with Gasteiger partial charge in [0.25, 0.3) is 0 Å². The molecule has 1 atom stereocenters. The van der Waals surface area contributed by atoms with Crippen molar-refractivity contribution in [1.82, 2.24) is 9.88 Å². The predicted molar refractivity (Wildman–Crippen MR) is 68.1 cm³/mol. The summed E-state index contributed by atoms with van der Waals surface area (Å²) >= 11 is 1.71. The fourth-order valence-electron chi connectivity index (χ4n) is 1.93. The number of pyridine rings is 1. The van der Waals surface area contributed by atoms with Gasteiger partial charge in [-0.25, -0.2) is 0 Å². The predicted octanol–water partition coefficient (Wildman–Crippen LogP) is 1.39. The van der Waals surface area contributed by atoms with E-state index >= 15 is 0 Å². The van der Waals surface area contributed by atoms with Gasteiger partial charge >= 0.3 is 5.97 Å². The van der Waals surface area contributed by atoms with Crippen LogP contribution < -0.4 is 0 Å². The summed E-state index contributed by atoms with van der Waals surface area (Å²) in [6.07, 6.45) is 1.76. The van der Waals surface area contributed by atoms with Gasteiger partial charge in [0.2, 0.25) is 0 Å². The number of thioether (sulfide) groups is 1. The molecule has 1 N–H and O–H groups in total. The Bertz CT molecular complexity index is 411. The average Bonchev–Trinajstić information content (AvgIpc) is 2.32. The number of hydrogen-bond donors (Lipinski definition) is 1. The Hall–Kier alpha value is -1.07. The van der Waals surface area contributed by atoms with E-state index in [0.717, 1.165) is 23.6 Å². The molecular weight excluding hydrogens is 236 g/mol. The molecule has 1 aliphatic rings. The number of carboxylic acid groups (broad SMARTS) is 1. The normalized spacial score (nSPS) is 21.4. The fraction of sp³-hybridized carbons (Fsp3) is 0.500. The molecule has 0 aliphatic carbocycles. The van der Waals surface area contributed by atoms with Crippen molar-refractivity contribution in [1.29, 1.82) is 0 Å². The summed E-state index contributed by atoms with van der Waals surface area (Å²) < 4.78 is 0. The first-order valence-electron chi connectivity index (χ1n) is 5.63. The molecule has 0 aromatic carbocycles. The van der Waals surface area contributed by atoms with Gasteiger partial charge in [0.15, 0.2) is 0 Å². The van der Waals surface area contributed by atoms with E-state index in [2.05, 4.69) is 4.98 Å². The molecule has 17 heavy (non-hydrogen) atoms. The highest BCUT2D eigenvalue weighted by Gasteiger charge is 2.29. The summed E-state index contributed by atoms with van der Waals surface area (Å²) in [5.74, 6) is 0.933. The Balaban J connectivity index is 2.11. The number of aromatic nitrogens is 1. The van der Waals surface area contributed by atoms with E-state index in [1.54, 1.807) is 18.0 Å². The molecule has 4 nitrogen and oxygen atoms in total. The van der Waals surface area contributed by atoms with Crippen LogP contribution in [0.1, 0.15) is 11.3 Å². The lowest BCUT2D eigenvalue weighted by molar-refractivity contribution is -0.142. The second-order valence-corrected chi connectivity index (χ2v) is 5.32. The molecule has 1 aliphatic heterocycles. The molecule has 0 bridgehead atoms. The Morgan fingerprint density at radius 2 is 2.53 bits per heavy atom. The highest BCUT2D eigenvalue weighted by molar-refractivity contribution is 7.99. The molecule has 1 saturated heterocycles. The van der Waals surface area contributed by atoms with Crippen LogP contribution in [0.5, 0.6) is 0 Å². The van der Waals surface area contributed by atoms with Crippen LogP contribution in [0.15, 0.2) is 18.3 Å². The number of aliphatic carboxylic acids is 1. The number of carboxylic acids is 1. The van der Waals surface area contributed by atoms with E-state index in [4.69, 9.17) is 0 Å². The molecule has 2 heterocycles. The van der Waals surface area contributed by atoms with Gasteiger partial charge < -0.3 is 5.11 Å². The van der Waals surface area contributed by atoms with Crippen LogP contribution in [-0.4, -0.2) is 45.1 Å². The average molecular weight is 252 g/mol. The lowest BCUT2D eigenvalue weighted by Crippen LogP contribution is -2.46. The third-order valence-corrected chi connectivity index (χ3v) is 4.02. The fourth-order valence-corrected chi connectivity index (χ4v) is 3.04. The van der Waals surface area contributed by atoms with Crippen molar-refractivity contribution in [2.45, 2.75) is 19.5 Å². The van der Waals surface area contributed by atoms with Crippen LogP contribution in [0.4, 0.5) is 0 Å². The van der Waals surface area contributed by atoms with Crippen LogP contribution >= 0.6 is 11.8 Å². The highest BCUT2D eigenvalue weighted by Crippen LogP contribution is 2.19. The molecule has 1 aromatic heterocycles. The zero-order chi connectivity index (χ0) is 12.3. The molecule has 0 spiro atoms. The van der Waals surface area contributed by atoms with E-state index < -0.39 is 5.97 Å². The standard InChI is InChI=1S/C12H16N2O2S/c1-9-3-2-4-13-10(9)7-14-5-6-17-8-11(14)12(15)16/h2-4,11H,5-8H2,1H3,(H,15,16). The maximum absolute atomic E-state index is 11.2. The molecule has 0 saturated carbocycles. The summed E-state index contributed by atoms with van der Waals surface area (Å²) in [4.78, 5) is 17.5. The molecule has 92 valence electrons. The monoisotopic (exact) mass is 252 g/mol. The van der Waals surface area contributed by atoms with Gasteiger partial charge in [0.05, 0.1) is 5.69 Å². The topological polar surface area (TPSA) is 53.4 Å². The molecule has 1 unspecified atom stereocenters. The molecule has 2 rings (SSSR count). The number of nitrogens with zero attached hydrogens (tertiary/aromatic N) is 2. The smallest absolute Gasteiger partial charge is 0.321 e. The van der Waals surface area contributed by atoms with Gasteiger partial charge in [-0.05, 0) is 18.6 Å². The van der Waals surface area contributed by atoms with Gasteiger partial charge in [0.1, 0.15) is 6.04 Å². The quantitative estimate of drug-likeness (QED) is 0.881. The van der Waals surface area contributed by atoms with Crippen molar-refractivity contribution in [3.8, 4) is 0 Å². The zero-order valence-electron chi connectivity index (χ0n) is 9.80. The second kappa shape index (κ2) is 5.51. The van der Waals surface area contributed by atoms with E-state index in [0.29, 0.717) is 12.3 Å². The van der Waals surface area contributed by atoms with Crippen LogP contribution in [0.2, 0.25) is 0 Å². The number of carbonyl (C=O) groups is 1. The van der Waals surface area contributed by atoms with E-state index in [-0.39, 0.29) is 6.04 Å². The second-order valence-electron chi connectivity index (χ2n) is 4.17. The van der Waals surface area contributed by atoms with E-state index in [1.165, 1.54) is 0 Å². The van der Waals surface area contributed by atoms with E-state index in [1.807, 2.05) is 24.0 Å². The zero-order valence-corrected chi connectivity index (χ0v) is 10.6. The summed E-state index contributed by atoms with van der Waals surface area (Å²) in [6, 6.07) is 3.53. The van der Waals surface area contributed by atoms with E-state index in [9.17, 15) is 9.90 Å². The van der Waals surface area contributed by atoms with Crippen molar-refractivity contribution in [3.05, 3.63) is 29.6 Å². The minimum atomic E-state index is -0.731. The third kappa shape index (κ3) is 2.98. The Morgan fingerprint density at radius 1 is 1.71 bits per heavy atom. The van der Waals surface area contributed by atoms with Crippen molar-refractivity contribution >= 4 is 17.7 Å². The van der Waals surface area contributed by atoms with Gasteiger partial charge in [-0.2, -0.15) is 11.8 Å². The summed E-state index contributed by atoms with van der Waals surface area (Å²) in [6.45, 7) is 3.46. The minimum Gasteiger partial charge on any atom is -0.480 e. The highest BCUT2D eigenvalue weighted by atomic mass is 32.2. The third-order valence-electron chi connectivity index (χ3n) is 3.00. The lowest BCUT2D eigenvalue weighted by atomic mass is 10.2. The Morgan fingerprint density at radius 3 is 3.24 bits per heavy atom. The maximum Gasteiger partial charge on any atom is 0.321 e. The first kappa shape index (κ1) is 12.4. The van der Waals surface area contributed by atoms with Crippen LogP contribution in [0, 0.1) is 6.92 Å². The molecule has 0 amide bonds. The van der Waals surface area contributed by atoms with Crippen molar-refractivity contribution in [2.24, 2.45) is 0 Å². The summed E-state index contributed by atoms with van der Waals surface area (Å²) in [5, 5.41) is 9.18. The minimum absolute atomic E-state index is 0.379. The summed E-state index contributed by atoms with van der Waals surface area (Å²) in [7, 11) is 0. The number of aryl methyl sites for hydroxylation is 1. The van der Waals surface area contributed by atoms with Gasteiger partial charge in [-0.3, -0.25) is 14.7 Å². The Kier molecular flexibility index (Phi) is 4.02. The van der Waals surface area contributed by atoms with Gasteiger partial charge in [0, 0.05) is 30.8 Å². The van der Waals surface area contributed by atoms with Crippen molar-refractivity contribution < 1.29 is 9.90 Å². The molecular formula is C12H16N2O2S. The maximum atomic E-state index is 11.2. The lowest BCUT2D eigenvalue weighted by Gasteiger charge is -2.32.